The molecule has 0 radical (unpaired) electrons. The number of aliphatic hydroxyl groups is 3. The van der Waals surface area contributed by atoms with Crippen LogP contribution >= 0.6 is 0 Å². The standard InChI is InChI=1S/C11H16N2O5/c1-12-5-10(15)11(16)7-2-3-9(13(17)18)8(4-7)6-14/h2-4,10-12,14-16H,5-6H2,1H3. The van der Waals surface area contributed by atoms with Crippen LogP contribution in [0.3, 0.4) is 0 Å². The highest BCUT2D eigenvalue weighted by molar-refractivity contribution is 5.43. The van der Waals surface area contributed by atoms with E-state index in [1.54, 1.807) is 7.05 Å². The Morgan fingerprint density at radius 2 is 2.11 bits per heavy atom. The van der Waals surface area contributed by atoms with E-state index in [4.69, 9.17) is 5.11 Å². The maximum Gasteiger partial charge on any atom is 0.274 e. The Morgan fingerprint density at radius 3 is 2.61 bits per heavy atom. The fourth-order valence-corrected chi connectivity index (χ4v) is 1.64. The molecular formula is C11H16N2O5. The van der Waals surface area contributed by atoms with Crippen LogP contribution in [0, 0.1) is 10.1 Å². The zero-order valence-corrected chi connectivity index (χ0v) is 9.91. The van der Waals surface area contributed by atoms with E-state index in [-0.39, 0.29) is 17.8 Å². The Kier molecular flexibility index (Phi) is 5.17. The van der Waals surface area contributed by atoms with Gasteiger partial charge in [0.05, 0.1) is 23.2 Å². The third-order valence-electron chi connectivity index (χ3n) is 2.59. The van der Waals surface area contributed by atoms with Gasteiger partial charge in [0.25, 0.3) is 5.69 Å². The minimum Gasteiger partial charge on any atom is -0.391 e. The maximum absolute atomic E-state index is 10.7. The third-order valence-corrected chi connectivity index (χ3v) is 2.59. The van der Waals surface area contributed by atoms with Gasteiger partial charge in [0, 0.05) is 12.6 Å². The largest absolute Gasteiger partial charge is 0.391 e. The van der Waals surface area contributed by atoms with Crippen molar-refractivity contribution in [2.75, 3.05) is 13.6 Å². The second-order valence-corrected chi connectivity index (χ2v) is 3.87. The van der Waals surface area contributed by atoms with Gasteiger partial charge in [-0.1, -0.05) is 0 Å². The molecule has 0 heterocycles. The Morgan fingerprint density at radius 1 is 1.44 bits per heavy atom. The van der Waals surface area contributed by atoms with E-state index in [1.807, 2.05) is 0 Å². The summed E-state index contributed by atoms with van der Waals surface area (Å²) in [5.74, 6) is 0. The van der Waals surface area contributed by atoms with Crippen molar-refractivity contribution in [2.24, 2.45) is 0 Å². The molecule has 7 heteroatoms. The summed E-state index contributed by atoms with van der Waals surface area (Å²) in [6.07, 6.45) is -2.19. The number of benzene rings is 1. The molecule has 0 amide bonds. The monoisotopic (exact) mass is 256 g/mol. The molecule has 2 atom stereocenters. The molecule has 1 rings (SSSR count). The summed E-state index contributed by atoms with van der Waals surface area (Å²) >= 11 is 0. The Labute approximate surface area is 104 Å². The highest BCUT2D eigenvalue weighted by atomic mass is 16.6. The normalized spacial score (nSPS) is 14.2. The molecule has 0 aliphatic rings. The molecule has 18 heavy (non-hydrogen) atoms. The first-order valence-corrected chi connectivity index (χ1v) is 5.40. The molecule has 0 saturated heterocycles. The van der Waals surface area contributed by atoms with Crippen LogP contribution in [0.1, 0.15) is 17.2 Å². The zero-order valence-electron chi connectivity index (χ0n) is 9.91. The molecule has 0 fully saturated rings. The number of nitrogens with zero attached hydrogens (tertiary/aromatic N) is 1. The number of nitro groups is 1. The number of rotatable bonds is 6. The first kappa shape index (κ1) is 14.5. The molecule has 0 aliphatic heterocycles. The summed E-state index contributed by atoms with van der Waals surface area (Å²) in [6, 6.07) is 3.89. The molecule has 0 aromatic heterocycles. The third kappa shape index (κ3) is 3.23. The van der Waals surface area contributed by atoms with Crippen molar-refractivity contribution in [3.8, 4) is 0 Å². The van der Waals surface area contributed by atoms with E-state index in [0.717, 1.165) is 0 Å². The average Bonchev–Trinajstić information content (AvgIpc) is 2.37. The van der Waals surface area contributed by atoms with E-state index in [1.165, 1.54) is 18.2 Å². The summed E-state index contributed by atoms with van der Waals surface area (Å²) in [6.45, 7) is -0.314. The molecule has 4 N–H and O–H groups in total. The first-order valence-electron chi connectivity index (χ1n) is 5.40. The van der Waals surface area contributed by atoms with Gasteiger partial charge in [-0.2, -0.15) is 0 Å². The lowest BCUT2D eigenvalue weighted by molar-refractivity contribution is -0.385. The van der Waals surface area contributed by atoms with Crippen molar-refractivity contribution < 1.29 is 20.2 Å². The topological polar surface area (TPSA) is 116 Å². The molecule has 100 valence electrons. The van der Waals surface area contributed by atoms with E-state index in [2.05, 4.69) is 5.32 Å². The van der Waals surface area contributed by atoms with E-state index < -0.39 is 23.7 Å². The average molecular weight is 256 g/mol. The van der Waals surface area contributed by atoms with Crippen molar-refractivity contribution in [1.29, 1.82) is 0 Å². The quantitative estimate of drug-likeness (QED) is 0.410. The molecule has 1 aromatic rings. The minimum absolute atomic E-state index is 0.105. The van der Waals surface area contributed by atoms with Gasteiger partial charge < -0.3 is 20.6 Å². The van der Waals surface area contributed by atoms with E-state index in [9.17, 15) is 20.3 Å². The van der Waals surface area contributed by atoms with Crippen LogP contribution in [0.25, 0.3) is 0 Å². The van der Waals surface area contributed by atoms with Gasteiger partial charge in [-0.25, -0.2) is 0 Å². The molecule has 7 nitrogen and oxygen atoms in total. The Hall–Kier alpha value is -1.54. The molecule has 0 spiro atoms. The van der Waals surface area contributed by atoms with Crippen molar-refractivity contribution in [3.63, 3.8) is 0 Å². The lowest BCUT2D eigenvalue weighted by Crippen LogP contribution is -2.29. The molecule has 2 unspecified atom stereocenters. The fraction of sp³-hybridized carbons (Fsp3) is 0.455. The number of nitrogens with one attached hydrogen (secondary N) is 1. The number of hydrogen-bond acceptors (Lipinski definition) is 6. The summed E-state index contributed by atoms with van der Waals surface area (Å²) in [5.41, 5.74) is 0.220. The van der Waals surface area contributed by atoms with Gasteiger partial charge in [-0.3, -0.25) is 10.1 Å². The molecule has 0 aliphatic carbocycles. The van der Waals surface area contributed by atoms with E-state index in [0.29, 0.717) is 5.56 Å². The van der Waals surface area contributed by atoms with Crippen LogP contribution in [0.4, 0.5) is 5.69 Å². The van der Waals surface area contributed by atoms with Gasteiger partial charge in [0.2, 0.25) is 0 Å². The van der Waals surface area contributed by atoms with Crippen molar-refractivity contribution in [2.45, 2.75) is 18.8 Å². The predicted octanol–water partition coefficient (Wildman–Crippen LogP) is -0.299. The van der Waals surface area contributed by atoms with Gasteiger partial charge in [0.15, 0.2) is 0 Å². The van der Waals surface area contributed by atoms with Crippen LogP contribution in [-0.4, -0.2) is 39.9 Å². The van der Waals surface area contributed by atoms with Crippen molar-refractivity contribution in [1.82, 2.24) is 5.32 Å². The second-order valence-electron chi connectivity index (χ2n) is 3.87. The Balaban J connectivity index is 3.01. The molecule has 0 saturated carbocycles. The molecule has 0 bridgehead atoms. The van der Waals surface area contributed by atoms with Crippen LogP contribution in [0.5, 0.6) is 0 Å². The highest BCUT2D eigenvalue weighted by Gasteiger charge is 2.21. The SMILES string of the molecule is CNCC(O)C(O)c1ccc([N+](=O)[O-])c(CO)c1. The zero-order chi connectivity index (χ0) is 13.7. The molecular weight excluding hydrogens is 240 g/mol. The lowest BCUT2D eigenvalue weighted by atomic mass is 10.0. The predicted molar refractivity (Wildman–Crippen MR) is 63.9 cm³/mol. The van der Waals surface area contributed by atoms with Gasteiger partial charge in [-0.15, -0.1) is 0 Å². The van der Waals surface area contributed by atoms with Crippen molar-refractivity contribution >= 4 is 5.69 Å². The number of nitro benzene ring substituents is 1. The minimum atomic E-state index is -1.16. The van der Waals surface area contributed by atoms with Gasteiger partial charge >= 0.3 is 0 Å². The fourth-order valence-electron chi connectivity index (χ4n) is 1.64. The summed E-state index contributed by atoms with van der Waals surface area (Å²) in [4.78, 5) is 10.1. The number of likely N-dealkylation sites (N-methyl/N-ethyl adjacent to an activating group) is 1. The maximum atomic E-state index is 10.7. The van der Waals surface area contributed by atoms with Gasteiger partial charge in [0.1, 0.15) is 6.10 Å². The van der Waals surface area contributed by atoms with Crippen LogP contribution in [0.2, 0.25) is 0 Å². The second kappa shape index (κ2) is 6.41. The van der Waals surface area contributed by atoms with Crippen LogP contribution < -0.4 is 5.32 Å². The van der Waals surface area contributed by atoms with Crippen LogP contribution in [-0.2, 0) is 6.61 Å². The number of aliphatic hydroxyl groups excluding tert-OH is 3. The van der Waals surface area contributed by atoms with E-state index >= 15 is 0 Å². The number of hydrogen-bond donors (Lipinski definition) is 4. The molecule has 1 aromatic carbocycles. The smallest absolute Gasteiger partial charge is 0.274 e. The summed E-state index contributed by atoms with van der Waals surface area (Å²) in [7, 11) is 1.63. The Bertz CT molecular complexity index is 424. The van der Waals surface area contributed by atoms with Crippen molar-refractivity contribution in [3.05, 3.63) is 39.4 Å². The van der Waals surface area contributed by atoms with Gasteiger partial charge in [-0.05, 0) is 24.7 Å². The summed E-state index contributed by atoms with van der Waals surface area (Å²) in [5, 5.41) is 41.9. The summed E-state index contributed by atoms with van der Waals surface area (Å²) < 4.78 is 0. The highest BCUT2D eigenvalue weighted by Crippen LogP contribution is 2.25. The first-order chi connectivity index (χ1) is 8.51. The lowest BCUT2D eigenvalue weighted by Gasteiger charge is -2.18. The van der Waals surface area contributed by atoms with Crippen LogP contribution in [0.15, 0.2) is 18.2 Å².